The molecule has 0 saturated carbocycles. The molecule has 0 bridgehead atoms. The molecule has 0 aliphatic heterocycles. The maximum atomic E-state index is 6.53. The van der Waals surface area contributed by atoms with Gasteiger partial charge in [0.2, 0.25) is 0 Å². The first-order chi connectivity index (χ1) is 10.2. The Bertz CT molecular complexity index is 474. The molecule has 0 aliphatic rings. The number of hydrogen-bond acceptors (Lipinski definition) is 2. The highest BCUT2D eigenvalue weighted by atomic mass is 28.4. The lowest BCUT2D eigenvalue weighted by Gasteiger charge is -2.40. The monoisotopic (exact) mass is 318 g/mol. The van der Waals surface area contributed by atoms with Crippen LogP contribution in [0.3, 0.4) is 0 Å². The molecule has 0 radical (unpaired) electrons. The van der Waals surface area contributed by atoms with E-state index in [1.165, 1.54) is 0 Å². The Labute approximate surface area is 137 Å². The van der Waals surface area contributed by atoms with Crippen LogP contribution in [0.5, 0.6) is 0 Å². The predicted octanol–water partition coefficient (Wildman–Crippen LogP) is 5.51. The van der Waals surface area contributed by atoms with E-state index in [0.29, 0.717) is 6.61 Å². The van der Waals surface area contributed by atoms with Gasteiger partial charge in [-0.05, 0) is 23.7 Å². The summed E-state index contributed by atoms with van der Waals surface area (Å²) in [6.07, 6.45) is 3.30. The summed E-state index contributed by atoms with van der Waals surface area (Å²) >= 11 is 0. The van der Waals surface area contributed by atoms with E-state index >= 15 is 0 Å². The summed E-state index contributed by atoms with van der Waals surface area (Å²) in [5.74, 6) is 0. The van der Waals surface area contributed by atoms with Gasteiger partial charge in [0.15, 0.2) is 8.32 Å². The summed E-state index contributed by atoms with van der Waals surface area (Å²) < 4.78 is 12.5. The highest BCUT2D eigenvalue weighted by molar-refractivity contribution is 6.74. The highest BCUT2D eigenvalue weighted by Gasteiger charge is 2.40. The number of hydrogen-bond donors (Lipinski definition) is 0. The molecule has 0 unspecified atom stereocenters. The molecule has 1 aromatic carbocycles. The van der Waals surface area contributed by atoms with Crippen LogP contribution >= 0.6 is 0 Å². The predicted molar refractivity (Wildman–Crippen MR) is 97.6 cm³/mol. The second kappa shape index (κ2) is 7.91. The lowest BCUT2D eigenvalue weighted by Crippen LogP contribution is -2.45. The van der Waals surface area contributed by atoms with Gasteiger partial charge in [-0.1, -0.05) is 63.3 Å². The molecule has 22 heavy (non-hydrogen) atoms. The number of benzene rings is 1. The Hall–Kier alpha value is -1.16. The van der Waals surface area contributed by atoms with Crippen molar-refractivity contribution in [1.82, 2.24) is 0 Å². The quantitative estimate of drug-likeness (QED) is 0.465. The molecule has 0 aromatic heterocycles. The van der Waals surface area contributed by atoms with Crippen molar-refractivity contribution in [3.63, 3.8) is 0 Å². The minimum atomic E-state index is -1.90. The second-order valence-electron chi connectivity index (χ2n) is 7.03. The molecular formula is C19H30O2Si. The van der Waals surface area contributed by atoms with E-state index in [0.717, 1.165) is 5.56 Å². The first kappa shape index (κ1) is 18.9. The van der Waals surface area contributed by atoms with Crippen LogP contribution in [0.2, 0.25) is 18.1 Å². The van der Waals surface area contributed by atoms with Gasteiger partial charge in [-0.15, -0.1) is 13.2 Å². The molecule has 0 amide bonds. The smallest absolute Gasteiger partial charge is 0.193 e. The third kappa shape index (κ3) is 4.94. The van der Waals surface area contributed by atoms with Gasteiger partial charge >= 0.3 is 0 Å². The molecule has 0 heterocycles. The van der Waals surface area contributed by atoms with Crippen LogP contribution in [-0.2, 0) is 9.16 Å². The van der Waals surface area contributed by atoms with Crippen molar-refractivity contribution < 1.29 is 9.16 Å². The van der Waals surface area contributed by atoms with Crippen LogP contribution in [-0.4, -0.2) is 21.0 Å². The Balaban J connectivity index is 3.04. The highest BCUT2D eigenvalue weighted by Crippen LogP contribution is 2.39. The number of ether oxygens (including phenoxy) is 1. The standard InChI is InChI=1S/C19H30O2Si/c1-8-15-20-18(16-13-11-10-12-14-16)17(9-2)21-22(6,7)19(3,4)5/h8-14,17-18H,1-2,15H2,3-7H3/t17-,18-/m1/s1. The molecule has 122 valence electrons. The maximum Gasteiger partial charge on any atom is 0.193 e. The van der Waals surface area contributed by atoms with Crippen LogP contribution in [0.15, 0.2) is 55.6 Å². The first-order valence-electron chi connectivity index (χ1n) is 7.80. The van der Waals surface area contributed by atoms with Crippen LogP contribution in [0, 0.1) is 0 Å². The summed E-state index contributed by atoms with van der Waals surface area (Å²) in [5.41, 5.74) is 1.10. The first-order valence-corrected chi connectivity index (χ1v) is 10.7. The fourth-order valence-corrected chi connectivity index (χ4v) is 3.20. The van der Waals surface area contributed by atoms with Crippen molar-refractivity contribution in [2.24, 2.45) is 0 Å². The Morgan fingerprint density at radius 3 is 2.18 bits per heavy atom. The van der Waals surface area contributed by atoms with Gasteiger partial charge in [0.25, 0.3) is 0 Å². The molecule has 0 saturated heterocycles. The Morgan fingerprint density at radius 1 is 1.14 bits per heavy atom. The summed E-state index contributed by atoms with van der Waals surface area (Å²) in [6, 6.07) is 10.2. The van der Waals surface area contributed by atoms with Crippen LogP contribution in [0.25, 0.3) is 0 Å². The molecule has 0 fully saturated rings. The molecule has 1 rings (SSSR count). The zero-order valence-electron chi connectivity index (χ0n) is 14.6. The van der Waals surface area contributed by atoms with Crippen LogP contribution in [0.1, 0.15) is 32.4 Å². The molecule has 0 aliphatic carbocycles. The molecule has 1 aromatic rings. The lowest BCUT2D eigenvalue weighted by molar-refractivity contribution is -0.000782. The minimum Gasteiger partial charge on any atom is -0.408 e. The molecule has 0 N–H and O–H groups in total. The van der Waals surface area contributed by atoms with Crippen LogP contribution in [0.4, 0.5) is 0 Å². The summed E-state index contributed by atoms with van der Waals surface area (Å²) in [5, 5.41) is 0.147. The fraction of sp³-hybridized carbons (Fsp3) is 0.474. The average molecular weight is 319 g/mol. The molecule has 0 spiro atoms. The van der Waals surface area contributed by atoms with Crippen molar-refractivity contribution in [2.75, 3.05) is 6.61 Å². The van der Waals surface area contributed by atoms with E-state index in [-0.39, 0.29) is 17.2 Å². The van der Waals surface area contributed by atoms with Gasteiger partial charge in [-0.2, -0.15) is 0 Å². The maximum absolute atomic E-state index is 6.53. The summed E-state index contributed by atoms with van der Waals surface area (Å²) in [7, 11) is -1.90. The van der Waals surface area contributed by atoms with Crippen molar-refractivity contribution >= 4 is 8.32 Å². The third-order valence-corrected chi connectivity index (χ3v) is 8.76. The Kier molecular flexibility index (Phi) is 6.79. The van der Waals surface area contributed by atoms with Crippen molar-refractivity contribution in [1.29, 1.82) is 0 Å². The van der Waals surface area contributed by atoms with Crippen molar-refractivity contribution in [3.05, 3.63) is 61.2 Å². The largest absolute Gasteiger partial charge is 0.408 e. The van der Waals surface area contributed by atoms with E-state index in [4.69, 9.17) is 9.16 Å². The van der Waals surface area contributed by atoms with Gasteiger partial charge in [-0.3, -0.25) is 0 Å². The van der Waals surface area contributed by atoms with Gasteiger partial charge in [0.05, 0.1) is 12.7 Å². The van der Waals surface area contributed by atoms with E-state index < -0.39 is 8.32 Å². The van der Waals surface area contributed by atoms with Crippen molar-refractivity contribution in [2.45, 2.75) is 51.1 Å². The SMILES string of the molecule is C=CCO[C@H](c1ccccc1)[C@@H](C=C)O[Si](C)(C)C(C)(C)C. The summed E-state index contributed by atoms with van der Waals surface area (Å²) in [6.45, 7) is 19.4. The third-order valence-electron chi connectivity index (χ3n) is 4.29. The zero-order valence-corrected chi connectivity index (χ0v) is 15.6. The fourth-order valence-electron chi connectivity index (χ4n) is 1.95. The topological polar surface area (TPSA) is 18.5 Å². The lowest BCUT2D eigenvalue weighted by atomic mass is 10.0. The Morgan fingerprint density at radius 2 is 1.73 bits per heavy atom. The van der Waals surface area contributed by atoms with Crippen molar-refractivity contribution in [3.8, 4) is 0 Å². The normalized spacial score (nSPS) is 15.1. The molecule has 2 atom stereocenters. The van der Waals surface area contributed by atoms with Crippen LogP contribution < -0.4 is 0 Å². The van der Waals surface area contributed by atoms with E-state index in [1.807, 2.05) is 24.3 Å². The molecule has 3 heteroatoms. The number of rotatable bonds is 8. The summed E-state index contributed by atoms with van der Waals surface area (Å²) in [4.78, 5) is 0. The minimum absolute atomic E-state index is 0.147. The molecular weight excluding hydrogens is 288 g/mol. The average Bonchev–Trinajstić information content (AvgIpc) is 2.46. The van der Waals surface area contributed by atoms with E-state index in [1.54, 1.807) is 6.08 Å². The zero-order chi connectivity index (χ0) is 16.8. The second-order valence-corrected chi connectivity index (χ2v) is 11.8. The van der Waals surface area contributed by atoms with Gasteiger partial charge in [-0.25, -0.2) is 0 Å². The van der Waals surface area contributed by atoms with E-state index in [2.05, 4.69) is 59.2 Å². The van der Waals surface area contributed by atoms with Gasteiger partial charge in [0, 0.05) is 0 Å². The van der Waals surface area contributed by atoms with Gasteiger partial charge in [0.1, 0.15) is 6.10 Å². The molecule has 2 nitrogen and oxygen atoms in total. The van der Waals surface area contributed by atoms with Gasteiger partial charge < -0.3 is 9.16 Å². The van der Waals surface area contributed by atoms with E-state index in [9.17, 15) is 0 Å².